The molecule has 3 N–H and O–H groups in total. The zero-order valence-corrected chi connectivity index (χ0v) is 9.63. The molecule has 0 saturated carbocycles. The van der Waals surface area contributed by atoms with Crippen LogP contribution in [0.4, 0.5) is 5.82 Å². The molecule has 4 nitrogen and oxygen atoms in total. The molecular weight excluding hydrogens is 202 g/mol. The fraction of sp³-hybridized carbons (Fsp3) is 0.583. The smallest absolute Gasteiger partial charge is 0.129 e. The van der Waals surface area contributed by atoms with E-state index >= 15 is 0 Å². The fourth-order valence-corrected chi connectivity index (χ4v) is 2.20. The molecule has 1 aliphatic rings. The largest absolute Gasteiger partial charge is 0.394 e. The van der Waals surface area contributed by atoms with Gasteiger partial charge in [-0.05, 0) is 37.5 Å². The Morgan fingerprint density at radius 2 is 2.50 bits per heavy atom. The molecule has 4 heteroatoms. The van der Waals surface area contributed by atoms with Crippen molar-refractivity contribution in [1.82, 2.24) is 4.98 Å². The first kappa shape index (κ1) is 11.4. The molecule has 2 rings (SSSR count). The van der Waals surface area contributed by atoms with Gasteiger partial charge in [-0.25, -0.2) is 4.98 Å². The number of hydrogen-bond acceptors (Lipinski definition) is 4. The SMILES string of the molecule is C[C@H](N)c1ccnc(N2CCCC2CO)c1. The van der Waals surface area contributed by atoms with Crippen molar-refractivity contribution in [1.29, 1.82) is 0 Å². The number of aliphatic hydroxyl groups excluding tert-OH is 1. The molecular formula is C12H19N3O. The van der Waals surface area contributed by atoms with Gasteiger partial charge in [-0.1, -0.05) is 0 Å². The van der Waals surface area contributed by atoms with Crippen molar-refractivity contribution in [3.8, 4) is 0 Å². The minimum atomic E-state index is 0.0249. The van der Waals surface area contributed by atoms with Gasteiger partial charge in [0, 0.05) is 18.8 Å². The summed E-state index contributed by atoms with van der Waals surface area (Å²) in [6.45, 7) is 3.14. The van der Waals surface area contributed by atoms with E-state index in [9.17, 15) is 5.11 Å². The number of hydrogen-bond donors (Lipinski definition) is 2. The zero-order valence-electron chi connectivity index (χ0n) is 9.63. The van der Waals surface area contributed by atoms with Crippen LogP contribution in [-0.2, 0) is 0 Å². The van der Waals surface area contributed by atoms with Crippen LogP contribution in [0, 0.1) is 0 Å². The first-order valence-electron chi connectivity index (χ1n) is 5.81. The maximum absolute atomic E-state index is 9.28. The van der Waals surface area contributed by atoms with Gasteiger partial charge in [0.2, 0.25) is 0 Å². The minimum Gasteiger partial charge on any atom is -0.394 e. The van der Waals surface area contributed by atoms with E-state index in [0.29, 0.717) is 0 Å². The number of aromatic nitrogens is 1. The molecule has 88 valence electrons. The van der Waals surface area contributed by atoms with Gasteiger partial charge < -0.3 is 15.7 Å². The van der Waals surface area contributed by atoms with E-state index in [4.69, 9.17) is 5.73 Å². The molecule has 1 unspecified atom stereocenters. The quantitative estimate of drug-likeness (QED) is 0.801. The van der Waals surface area contributed by atoms with Crippen LogP contribution in [-0.4, -0.2) is 29.3 Å². The summed E-state index contributed by atoms with van der Waals surface area (Å²) in [5.41, 5.74) is 6.94. The average Bonchev–Trinajstić information content (AvgIpc) is 2.77. The van der Waals surface area contributed by atoms with Crippen LogP contribution >= 0.6 is 0 Å². The first-order valence-corrected chi connectivity index (χ1v) is 5.81. The van der Waals surface area contributed by atoms with Crippen molar-refractivity contribution in [2.45, 2.75) is 31.8 Å². The van der Waals surface area contributed by atoms with Crippen molar-refractivity contribution in [2.75, 3.05) is 18.1 Å². The van der Waals surface area contributed by atoms with E-state index in [1.165, 1.54) is 0 Å². The van der Waals surface area contributed by atoms with Crippen LogP contribution < -0.4 is 10.6 Å². The van der Waals surface area contributed by atoms with Gasteiger partial charge in [-0.2, -0.15) is 0 Å². The van der Waals surface area contributed by atoms with Gasteiger partial charge in [0.15, 0.2) is 0 Å². The van der Waals surface area contributed by atoms with E-state index in [0.717, 1.165) is 30.8 Å². The maximum atomic E-state index is 9.28. The summed E-state index contributed by atoms with van der Waals surface area (Å²) in [4.78, 5) is 6.53. The Morgan fingerprint density at radius 1 is 1.69 bits per heavy atom. The molecule has 0 radical (unpaired) electrons. The molecule has 2 atom stereocenters. The van der Waals surface area contributed by atoms with E-state index in [1.807, 2.05) is 19.1 Å². The highest BCUT2D eigenvalue weighted by atomic mass is 16.3. The van der Waals surface area contributed by atoms with E-state index in [-0.39, 0.29) is 18.7 Å². The van der Waals surface area contributed by atoms with Crippen LogP contribution in [0.3, 0.4) is 0 Å². The molecule has 0 aliphatic carbocycles. The lowest BCUT2D eigenvalue weighted by molar-refractivity contribution is 0.266. The molecule has 0 bridgehead atoms. The monoisotopic (exact) mass is 221 g/mol. The number of rotatable bonds is 3. The Labute approximate surface area is 96.1 Å². The summed E-state index contributed by atoms with van der Waals surface area (Å²) in [6, 6.07) is 4.21. The Bertz CT molecular complexity index is 354. The number of pyridine rings is 1. The second kappa shape index (κ2) is 4.80. The Kier molecular flexibility index (Phi) is 3.41. The molecule has 1 aromatic rings. The summed E-state index contributed by atoms with van der Waals surface area (Å²) < 4.78 is 0. The summed E-state index contributed by atoms with van der Waals surface area (Å²) in [7, 11) is 0. The molecule has 0 amide bonds. The van der Waals surface area contributed by atoms with Crippen LogP contribution in [0.5, 0.6) is 0 Å². The van der Waals surface area contributed by atoms with E-state index < -0.39 is 0 Å². The average molecular weight is 221 g/mol. The third-order valence-corrected chi connectivity index (χ3v) is 3.18. The Hall–Kier alpha value is -1.13. The second-order valence-electron chi connectivity index (χ2n) is 4.41. The molecule has 0 spiro atoms. The van der Waals surface area contributed by atoms with Gasteiger partial charge in [-0.3, -0.25) is 0 Å². The Morgan fingerprint density at radius 3 is 3.19 bits per heavy atom. The molecule has 0 aromatic carbocycles. The zero-order chi connectivity index (χ0) is 11.5. The van der Waals surface area contributed by atoms with Crippen molar-refractivity contribution in [3.63, 3.8) is 0 Å². The van der Waals surface area contributed by atoms with Crippen LogP contribution in [0.2, 0.25) is 0 Å². The predicted molar refractivity (Wildman–Crippen MR) is 64.3 cm³/mol. The molecule has 2 heterocycles. The predicted octanol–water partition coefficient (Wildman–Crippen LogP) is 1.06. The maximum Gasteiger partial charge on any atom is 0.129 e. The lowest BCUT2D eigenvalue weighted by atomic mass is 10.1. The normalized spacial score (nSPS) is 22.4. The van der Waals surface area contributed by atoms with Crippen LogP contribution in [0.25, 0.3) is 0 Å². The highest BCUT2D eigenvalue weighted by Gasteiger charge is 2.24. The molecule has 1 aliphatic heterocycles. The van der Waals surface area contributed by atoms with Crippen molar-refractivity contribution in [3.05, 3.63) is 23.9 Å². The number of nitrogens with zero attached hydrogens (tertiary/aromatic N) is 2. The molecule has 1 saturated heterocycles. The van der Waals surface area contributed by atoms with Gasteiger partial charge in [0.1, 0.15) is 5.82 Å². The molecule has 1 fully saturated rings. The molecule has 16 heavy (non-hydrogen) atoms. The number of anilines is 1. The van der Waals surface area contributed by atoms with Gasteiger partial charge in [0.05, 0.1) is 12.6 Å². The van der Waals surface area contributed by atoms with Gasteiger partial charge in [-0.15, -0.1) is 0 Å². The lowest BCUT2D eigenvalue weighted by Crippen LogP contribution is -2.32. The minimum absolute atomic E-state index is 0.0249. The summed E-state index contributed by atoms with van der Waals surface area (Å²) in [5.74, 6) is 0.936. The first-order chi connectivity index (χ1) is 7.72. The topological polar surface area (TPSA) is 62.4 Å². The van der Waals surface area contributed by atoms with Crippen molar-refractivity contribution < 1.29 is 5.11 Å². The second-order valence-corrected chi connectivity index (χ2v) is 4.41. The highest BCUT2D eigenvalue weighted by Crippen LogP contribution is 2.25. The van der Waals surface area contributed by atoms with Gasteiger partial charge in [0.25, 0.3) is 0 Å². The summed E-state index contributed by atoms with van der Waals surface area (Å²) in [6.07, 6.45) is 3.96. The standard InChI is InChI=1S/C12H19N3O/c1-9(13)10-4-5-14-12(7-10)15-6-2-3-11(15)8-16/h4-5,7,9,11,16H,2-3,6,8,13H2,1H3/t9-,11?/m0/s1. The van der Waals surface area contributed by atoms with E-state index in [2.05, 4.69) is 9.88 Å². The molecule has 1 aromatic heterocycles. The fourth-order valence-electron chi connectivity index (χ4n) is 2.20. The number of nitrogens with two attached hydrogens (primary N) is 1. The van der Waals surface area contributed by atoms with Crippen molar-refractivity contribution >= 4 is 5.82 Å². The van der Waals surface area contributed by atoms with Crippen molar-refractivity contribution in [2.24, 2.45) is 5.73 Å². The summed E-state index contributed by atoms with van der Waals surface area (Å²) in [5, 5.41) is 9.28. The summed E-state index contributed by atoms with van der Waals surface area (Å²) >= 11 is 0. The lowest BCUT2D eigenvalue weighted by Gasteiger charge is -2.24. The number of aliphatic hydroxyl groups is 1. The van der Waals surface area contributed by atoms with Crippen LogP contribution in [0.1, 0.15) is 31.4 Å². The van der Waals surface area contributed by atoms with Crippen LogP contribution in [0.15, 0.2) is 18.3 Å². The third kappa shape index (κ3) is 2.18. The third-order valence-electron chi connectivity index (χ3n) is 3.18. The highest BCUT2D eigenvalue weighted by molar-refractivity contribution is 5.44. The Balaban J connectivity index is 2.22. The van der Waals surface area contributed by atoms with E-state index in [1.54, 1.807) is 6.20 Å². The van der Waals surface area contributed by atoms with Gasteiger partial charge >= 0.3 is 0 Å².